The van der Waals surface area contributed by atoms with E-state index in [1.807, 2.05) is 12.1 Å². The smallest absolute Gasteiger partial charge is 0.317 e. The molecule has 2 N–H and O–H groups in total. The topological polar surface area (TPSA) is 88.1 Å². The molecule has 1 saturated heterocycles. The van der Waals surface area contributed by atoms with Crippen molar-refractivity contribution in [1.29, 1.82) is 0 Å². The van der Waals surface area contributed by atoms with Crippen molar-refractivity contribution < 1.29 is 24.2 Å². The molecule has 0 unspecified atom stereocenters. The maximum absolute atomic E-state index is 12.2. The fourth-order valence-corrected chi connectivity index (χ4v) is 3.49. The third kappa shape index (κ3) is 3.75. The summed E-state index contributed by atoms with van der Waals surface area (Å²) in [6.45, 7) is 2.33. The number of rotatable bonds is 3. The molecule has 0 aromatic heterocycles. The molecular formula is C16H19BrN2O5. The normalized spacial score (nSPS) is 17.5. The molecule has 0 spiro atoms. The highest BCUT2D eigenvalue weighted by molar-refractivity contribution is 9.10. The molecule has 3 rings (SSSR count). The Labute approximate surface area is 148 Å². The van der Waals surface area contributed by atoms with Crippen molar-refractivity contribution in [2.45, 2.75) is 19.4 Å². The average molecular weight is 399 g/mol. The van der Waals surface area contributed by atoms with Crippen molar-refractivity contribution >= 4 is 27.9 Å². The molecule has 130 valence electrons. The van der Waals surface area contributed by atoms with Crippen molar-refractivity contribution in [2.24, 2.45) is 5.92 Å². The Hall–Kier alpha value is -1.96. The van der Waals surface area contributed by atoms with Crippen LogP contribution in [0.2, 0.25) is 0 Å². The third-order valence-corrected chi connectivity index (χ3v) is 4.82. The number of carboxylic acids is 1. The van der Waals surface area contributed by atoms with Crippen molar-refractivity contribution in [3.8, 4) is 11.5 Å². The van der Waals surface area contributed by atoms with Crippen LogP contribution in [0.25, 0.3) is 0 Å². The molecule has 0 atom stereocenters. The van der Waals surface area contributed by atoms with Gasteiger partial charge in [-0.05, 0) is 46.5 Å². The molecule has 0 saturated carbocycles. The van der Waals surface area contributed by atoms with Crippen molar-refractivity contribution in [3.05, 3.63) is 22.2 Å². The van der Waals surface area contributed by atoms with Gasteiger partial charge in [0.1, 0.15) is 13.2 Å². The van der Waals surface area contributed by atoms with Gasteiger partial charge in [-0.15, -0.1) is 0 Å². The largest absolute Gasteiger partial charge is 0.486 e. The number of aliphatic carboxylic acids is 1. The molecule has 2 aliphatic heterocycles. The fraction of sp³-hybridized carbons (Fsp3) is 0.500. The fourth-order valence-electron chi connectivity index (χ4n) is 2.89. The number of urea groups is 1. The second kappa shape index (κ2) is 7.29. The number of piperidine rings is 1. The lowest BCUT2D eigenvalue weighted by atomic mass is 9.97. The SMILES string of the molecule is O=C(O)C1CCN(C(=O)NCc2cc(Br)c3c(c2)OCCO3)CC1. The Morgan fingerprint density at radius 3 is 2.67 bits per heavy atom. The minimum absolute atomic E-state index is 0.176. The number of carbonyl (C=O) groups excluding carboxylic acids is 1. The lowest BCUT2D eigenvalue weighted by Crippen LogP contribution is -2.45. The first kappa shape index (κ1) is 16.9. The van der Waals surface area contributed by atoms with E-state index in [0.29, 0.717) is 57.2 Å². The standard InChI is InChI=1S/C16H19BrN2O5/c17-12-7-10(8-13-14(12)24-6-5-23-13)9-18-16(22)19-3-1-11(2-4-19)15(20)21/h7-8,11H,1-6,9H2,(H,18,22)(H,20,21). The van der Waals surface area contributed by atoms with Crippen LogP contribution in [0.1, 0.15) is 18.4 Å². The van der Waals surface area contributed by atoms with Gasteiger partial charge in [0.2, 0.25) is 0 Å². The Morgan fingerprint density at radius 2 is 1.96 bits per heavy atom. The molecule has 1 aromatic carbocycles. The molecule has 2 amide bonds. The van der Waals surface area contributed by atoms with Gasteiger partial charge in [-0.25, -0.2) is 4.79 Å². The van der Waals surface area contributed by atoms with E-state index in [1.54, 1.807) is 4.90 Å². The summed E-state index contributed by atoms with van der Waals surface area (Å²) >= 11 is 3.45. The quantitative estimate of drug-likeness (QED) is 0.814. The number of likely N-dealkylation sites (tertiary alicyclic amines) is 1. The van der Waals surface area contributed by atoms with E-state index in [1.165, 1.54) is 0 Å². The molecule has 0 aliphatic carbocycles. The number of carboxylic acid groups (broad SMARTS) is 1. The number of hydrogen-bond donors (Lipinski definition) is 2. The number of halogens is 1. The maximum atomic E-state index is 12.2. The van der Waals surface area contributed by atoms with Crippen LogP contribution in [0, 0.1) is 5.92 Å². The summed E-state index contributed by atoms with van der Waals surface area (Å²) in [6.07, 6.45) is 0.997. The van der Waals surface area contributed by atoms with Crippen LogP contribution in [-0.4, -0.2) is 48.3 Å². The zero-order valence-corrected chi connectivity index (χ0v) is 14.7. The van der Waals surface area contributed by atoms with Crippen LogP contribution in [0.5, 0.6) is 11.5 Å². The van der Waals surface area contributed by atoms with Gasteiger partial charge in [0.25, 0.3) is 0 Å². The summed E-state index contributed by atoms with van der Waals surface area (Å²) in [5.74, 6) is 0.230. The van der Waals surface area contributed by atoms with Crippen molar-refractivity contribution in [2.75, 3.05) is 26.3 Å². The predicted molar refractivity (Wildman–Crippen MR) is 89.3 cm³/mol. The summed E-state index contributed by atoms with van der Waals surface area (Å²) in [6, 6.07) is 3.57. The lowest BCUT2D eigenvalue weighted by molar-refractivity contribution is -0.143. The third-order valence-electron chi connectivity index (χ3n) is 4.23. The zero-order valence-electron chi connectivity index (χ0n) is 13.1. The monoisotopic (exact) mass is 398 g/mol. The number of ether oxygens (including phenoxy) is 2. The van der Waals surface area contributed by atoms with Gasteiger partial charge in [-0.2, -0.15) is 0 Å². The number of carbonyl (C=O) groups is 2. The molecule has 2 aliphatic rings. The lowest BCUT2D eigenvalue weighted by Gasteiger charge is -2.30. The van der Waals surface area contributed by atoms with Crippen LogP contribution >= 0.6 is 15.9 Å². The molecule has 24 heavy (non-hydrogen) atoms. The van der Waals surface area contributed by atoms with E-state index >= 15 is 0 Å². The van der Waals surface area contributed by atoms with Crippen LogP contribution in [-0.2, 0) is 11.3 Å². The second-order valence-electron chi connectivity index (χ2n) is 5.86. The molecule has 0 radical (unpaired) electrons. The highest BCUT2D eigenvalue weighted by Gasteiger charge is 2.27. The van der Waals surface area contributed by atoms with Gasteiger partial charge in [0.15, 0.2) is 11.5 Å². The molecule has 0 bridgehead atoms. The van der Waals surface area contributed by atoms with Gasteiger partial charge in [0.05, 0.1) is 10.4 Å². The van der Waals surface area contributed by atoms with E-state index in [-0.39, 0.29) is 11.9 Å². The maximum Gasteiger partial charge on any atom is 0.317 e. The predicted octanol–water partition coefficient (Wildman–Crippen LogP) is 2.23. The van der Waals surface area contributed by atoms with Crippen LogP contribution in [0.3, 0.4) is 0 Å². The molecule has 1 aromatic rings. The van der Waals surface area contributed by atoms with E-state index in [0.717, 1.165) is 10.0 Å². The summed E-state index contributed by atoms with van der Waals surface area (Å²) in [5, 5.41) is 11.9. The molecule has 1 fully saturated rings. The van der Waals surface area contributed by atoms with Crippen LogP contribution < -0.4 is 14.8 Å². The Kier molecular flexibility index (Phi) is 5.13. The number of benzene rings is 1. The van der Waals surface area contributed by atoms with Crippen LogP contribution in [0.4, 0.5) is 4.79 Å². The van der Waals surface area contributed by atoms with E-state index in [9.17, 15) is 9.59 Å². The van der Waals surface area contributed by atoms with Gasteiger partial charge < -0.3 is 24.8 Å². The first-order chi connectivity index (χ1) is 11.5. The summed E-state index contributed by atoms with van der Waals surface area (Å²) in [5.41, 5.74) is 0.903. The van der Waals surface area contributed by atoms with Gasteiger partial charge in [-0.1, -0.05) is 0 Å². The summed E-state index contributed by atoms with van der Waals surface area (Å²) in [7, 11) is 0. The highest BCUT2D eigenvalue weighted by Crippen LogP contribution is 2.38. The molecular weight excluding hydrogens is 380 g/mol. The molecule has 2 heterocycles. The van der Waals surface area contributed by atoms with E-state index < -0.39 is 5.97 Å². The van der Waals surface area contributed by atoms with Gasteiger partial charge in [0, 0.05) is 19.6 Å². The number of hydrogen-bond acceptors (Lipinski definition) is 4. The van der Waals surface area contributed by atoms with Crippen LogP contribution in [0.15, 0.2) is 16.6 Å². The minimum Gasteiger partial charge on any atom is -0.486 e. The first-order valence-corrected chi connectivity index (χ1v) is 8.67. The number of fused-ring (bicyclic) bond motifs is 1. The Bertz CT molecular complexity index is 644. The number of amides is 2. The Morgan fingerprint density at radius 1 is 1.25 bits per heavy atom. The zero-order chi connectivity index (χ0) is 17.1. The number of nitrogens with one attached hydrogen (secondary N) is 1. The summed E-state index contributed by atoms with van der Waals surface area (Å²) in [4.78, 5) is 24.8. The second-order valence-corrected chi connectivity index (χ2v) is 6.71. The number of nitrogens with zero attached hydrogens (tertiary/aromatic N) is 1. The highest BCUT2D eigenvalue weighted by atomic mass is 79.9. The minimum atomic E-state index is -0.781. The van der Waals surface area contributed by atoms with Gasteiger partial charge in [-0.3, -0.25) is 4.79 Å². The van der Waals surface area contributed by atoms with Gasteiger partial charge >= 0.3 is 12.0 Å². The van der Waals surface area contributed by atoms with E-state index in [2.05, 4.69) is 21.2 Å². The summed E-state index contributed by atoms with van der Waals surface area (Å²) < 4.78 is 11.9. The molecule has 8 heteroatoms. The Balaban J connectivity index is 1.55. The molecule has 7 nitrogen and oxygen atoms in total. The average Bonchev–Trinajstić information content (AvgIpc) is 2.60. The van der Waals surface area contributed by atoms with E-state index in [4.69, 9.17) is 14.6 Å². The van der Waals surface area contributed by atoms with Crippen molar-refractivity contribution in [3.63, 3.8) is 0 Å². The first-order valence-electron chi connectivity index (χ1n) is 7.88. The van der Waals surface area contributed by atoms with Crippen molar-refractivity contribution in [1.82, 2.24) is 10.2 Å².